The topological polar surface area (TPSA) is 40.1 Å². The number of piperidine rings is 1. The Labute approximate surface area is 149 Å². The Bertz CT molecular complexity index is 347. The first kappa shape index (κ1) is 21.2. The van der Waals surface area contributed by atoms with Crippen LogP contribution in [-0.4, -0.2) is 74.3 Å². The molecule has 1 saturated heterocycles. The molecule has 0 spiro atoms. The van der Waals surface area contributed by atoms with Gasteiger partial charge in [-0.15, -0.1) is 0 Å². The summed E-state index contributed by atoms with van der Waals surface area (Å²) in [5, 5.41) is 3.63. The SMILES string of the molecule is CCOC1CCN(C(=NC)NCC(CC(C)C)N(CC)CC)CC1. The van der Waals surface area contributed by atoms with Crippen LogP contribution in [0.25, 0.3) is 0 Å². The van der Waals surface area contributed by atoms with Gasteiger partial charge in [0.25, 0.3) is 0 Å². The Hall–Kier alpha value is -0.810. The molecule has 0 amide bonds. The van der Waals surface area contributed by atoms with E-state index in [4.69, 9.17) is 4.74 Å². The molecule has 0 bridgehead atoms. The standard InChI is InChI=1S/C19H40N4O/c1-7-22(8-2)17(14-16(4)5)15-21-19(20-6)23-12-10-18(11-13-23)24-9-3/h16-18H,7-15H2,1-6H3,(H,20,21). The summed E-state index contributed by atoms with van der Waals surface area (Å²) in [7, 11) is 1.89. The Kier molecular flexibility index (Phi) is 10.3. The number of guanidine groups is 1. The molecule has 0 aromatic carbocycles. The van der Waals surface area contributed by atoms with E-state index >= 15 is 0 Å². The summed E-state index contributed by atoms with van der Waals surface area (Å²) in [6, 6.07) is 0.567. The van der Waals surface area contributed by atoms with Gasteiger partial charge in [-0.25, -0.2) is 0 Å². The molecule has 0 aliphatic carbocycles. The monoisotopic (exact) mass is 340 g/mol. The number of rotatable bonds is 9. The molecule has 0 saturated carbocycles. The van der Waals surface area contributed by atoms with E-state index in [0.717, 1.165) is 58.1 Å². The van der Waals surface area contributed by atoms with Gasteiger partial charge in [0, 0.05) is 39.3 Å². The number of likely N-dealkylation sites (N-methyl/N-ethyl adjacent to an activating group) is 1. The third-order valence-corrected chi connectivity index (χ3v) is 4.92. The summed E-state index contributed by atoms with van der Waals surface area (Å²) < 4.78 is 5.75. The second-order valence-corrected chi connectivity index (χ2v) is 7.07. The Balaban J connectivity index is 2.54. The fourth-order valence-electron chi connectivity index (χ4n) is 3.66. The van der Waals surface area contributed by atoms with Crippen molar-refractivity contribution in [3.05, 3.63) is 0 Å². The number of nitrogens with one attached hydrogen (secondary N) is 1. The lowest BCUT2D eigenvalue weighted by atomic mass is 10.0. The molecular weight excluding hydrogens is 300 g/mol. The highest BCUT2D eigenvalue weighted by Gasteiger charge is 2.23. The van der Waals surface area contributed by atoms with Crippen LogP contribution in [0.1, 0.15) is 53.9 Å². The summed E-state index contributed by atoms with van der Waals surface area (Å²) in [4.78, 5) is 9.45. The molecule has 1 aliphatic heterocycles. The molecule has 142 valence electrons. The van der Waals surface area contributed by atoms with Gasteiger partial charge in [0.1, 0.15) is 0 Å². The van der Waals surface area contributed by atoms with Crippen LogP contribution in [0.5, 0.6) is 0 Å². The van der Waals surface area contributed by atoms with E-state index in [0.29, 0.717) is 18.1 Å². The number of hydrogen-bond acceptors (Lipinski definition) is 3. The fraction of sp³-hybridized carbons (Fsp3) is 0.947. The molecule has 0 radical (unpaired) electrons. The summed E-state index contributed by atoms with van der Waals surface area (Å²) in [5.41, 5.74) is 0. The molecule has 1 heterocycles. The predicted octanol–water partition coefficient (Wildman–Crippen LogP) is 2.82. The average molecular weight is 341 g/mol. The lowest BCUT2D eigenvalue weighted by Gasteiger charge is -2.36. The first-order valence-electron chi connectivity index (χ1n) is 9.86. The number of nitrogens with zero attached hydrogens (tertiary/aromatic N) is 3. The largest absolute Gasteiger partial charge is 0.378 e. The quantitative estimate of drug-likeness (QED) is 0.517. The molecule has 1 aliphatic rings. The Morgan fingerprint density at radius 2 is 1.83 bits per heavy atom. The van der Waals surface area contributed by atoms with Gasteiger partial charge in [0.05, 0.1) is 6.10 Å². The minimum absolute atomic E-state index is 0.425. The number of aliphatic imine (C=N–C) groups is 1. The molecule has 5 nitrogen and oxygen atoms in total. The van der Waals surface area contributed by atoms with Crippen molar-refractivity contribution in [3.63, 3.8) is 0 Å². The smallest absolute Gasteiger partial charge is 0.193 e. The van der Waals surface area contributed by atoms with Gasteiger partial charge in [-0.3, -0.25) is 9.89 Å². The summed E-state index contributed by atoms with van der Waals surface area (Å²) >= 11 is 0. The van der Waals surface area contributed by atoms with Crippen LogP contribution in [0.3, 0.4) is 0 Å². The van der Waals surface area contributed by atoms with Crippen LogP contribution in [0.4, 0.5) is 0 Å². The molecule has 1 N–H and O–H groups in total. The number of ether oxygens (including phenoxy) is 1. The van der Waals surface area contributed by atoms with Gasteiger partial charge in [-0.2, -0.15) is 0 Å². The van der Waals surface area contributed by atoms with E-state index in [1.807, 2.05) is 7.05 Å². The molecule has 1 fully saturated rings. The summed E-state index contributed by atoms with van der Waals surface area (Å²) in [5.74, 6) is 1.76. The first-order chi connectivity index (χ1) is 11.5. The van der Waals surface area contributed by atoms with Crippen LogP contribution in [0, 0.1) is 5.92 Å². The van der Waals surface area contributed by atoms with Crippen LogP contribution in [0.2, 0.25) is 0 Å². The van der Waals surface area contributed by atoms with E-state index in [1.54, 1.807) is 0 Å². The lowest BCUT2D eigenvalue weighted by Crippen LogP contribution is -2.51. The zero-order valence-corrected chi connectivity index (χ0v) is 16.8. The van der Waals surface area contributed by atoms with Crippen molar-refractivity contribution >= 4 is 5.96 Å². The van der Waals surface area contributed by atoms with Crippen molar-refractivity contribution in [1.82, 2.24) is 15.1 Å². The zero-order valence-electron chi connectivity index (χ0n) is 16.8. The third-order valence-electron chi connectivity index (χ3n) is 4.92. The highest BCUT2D eigenvalue weighted by molar-refractivity contribution is 5.80. The molecule has 24 heavy (non-hydrogen) atoms. The second kappa shape index (κ2) is 11.7. The van der Waals surface area contributed by atoms with Crippen LogP contribution in [-0.2, 0) is 4.74 Å². The minimum atomic E-state index is 0.425. The Morgan fingerprint density at radius 1 is 1.21 bits per heavy atom. The van der Waals surface area contributed by atoms with Crippen LogP contribution < -0.4 is 5.32 Å². The summed E-state index contributed by atoms with van der Waals surface area (Å²) in [6.07, 6.45) is 3.84. The maximum absolute atomic E-state index is 5.75. The van der Waals surface area contributed by atoms with E-state index in [1.165, 1.54) is 6.42 Å². The lowest BCUT2D eigenvalue weighted by molar-refractivity contribution is 0.0263. The maximum atomic E-state index is 5.75. The molecular formula is C19H40N4O. The van der Waals surface area contributed by atoms with Crippen molar-refractivity contribution < 1.29 is 4.74 Å². The van der Waals surface area contributed by atoms with Crippen molar-refractivity contribution in [3.8, 4) is 0 Å². The van der Waals surface area contributed by atoms with Crippen molar-refractivity contribution in [2.24, 2.45) is 10.9 Å². The number of likely N-dealkylation sites (tertiary alicyclic amines) is 1. The van der Waals surface area contributed by atoms with Crippen molar-refractivity contribution in [2.45, 2.75) is 66.0 Å². The second-order valence-electron chi connectivity index (χ2n) is 7.07. The third kappa shape index (κ3) is 6.98. The molecule has 1 atom stereocenters. The van der Waals surface area contributed by atoms with Gasteiger partial charge in [0.15, 0.2) is 5.96 Å². The molecule has 0 aromatic heterocycles. The van der Waals surface area contributed by atoms with Crippen LogP contribution >= 0.6 is 0 Å². The fourth-order valence-corrected chi connectivity index (χ4v) is 3.66. The molecule has 1 unspecified atom stereocenters. The van der Waals surface area contributed by atoms with Crippen molar-refractivity contribution in [2.75, 3.05) is 46.4 Å². The average Bonchev–Trinajstić information content (AvgIpc) is 2.57. The van der Waals surface area contributed by atoms with Crippen molar-refractivity contribution in [1.29, 1.82) is 0 Å². The molecule has 1 rings (SSSR count). The highest BCUT2D eigenvalue weighted by atomic mass is 16.5. The molecule has 0 aromatic rings. The predicted molar refractivity (Wildman–Crippen MR) is 104 cm³/mol. The van der Waals surface area contributed by atoms with Gasteiger partial charge >= 0.3 is 0 Å². The zero-order chi connectivity index (χ0) is 17.9. The van der Waals surface area contributed by atoms with Gasteiger partial charge < -0.3 is 15.0 Å². The maximum Gasteiger partial charge on any atom is 0.193 e. The van der Waals surface area contributed by atoms with Gasteiger partial charge in [0.2, 0.25) is 0 Å². The van der Waals surface area contributed by atoms with E-state index in [9.17, 15) is 0 Å². The van der Waals surface area contributed by atoms with Crippen LogP contribution in [0.15, 0.2) is 4.99 Å². The van der Waals surface area contributed by atoms with Gasteiger partial charge in [-0.1, -0.05) is 27.7 Å². The highest BCUT2D eigenvalue weighted by Crippen LogP contribution is 2.14. The number of hydrogen-bond donors (Lipinski definition) is 1. The minimum Gasteiger partial charge on any atom is -0.378 e. The summed E-state index contributed by atoms with van der Waals surface area (Å²) in [6.45, 7) is 17.3. The van der Waals surface area contributed by atoms with E-state index < -0.39 is 0 Å². The van der Waals surface area contributed by atoms with E-state index in [2.05, 4.69) is 54.7 Å². The molecule has 5 heteroatoms. The van der Waals surface area contributed by atoms with Gasteiger partial charge in [-0.05, 0) is 45.2 Å². The first-order valence-corrected chi connectivity index (χ1v) is 9.86. The van der Waals surface area contributed by atoms with E-state index in [-0.39, 0.29) is 0 Å². The normalized spacial score (nSPS) is 18.5. The Morgan fingerprint density at radius 3 is 2.29 bits per heavy atom.